The standard InChI is InChI=1S/C18H36N4O/c1-14(2)12-22-13-16(20-21-22)11-18(7,8)23-10-9-17(5,6)19-15(3)4/h13-15,19H,9-12H2,1-8H3. The fourth-order valence-electron chi connectivity index (χ4n) is 2.81. The monoisotopic (exact) mass is 324 g/mol. The molecular formula is C18H36N4O. The first-order valence-electron chi connectivity index (χ1n) is 8.80. The Hall–Kier alpha value is -0.940. The zero-order chi connectivity index (χ0) is 17.7. The van der Waals surface area contributed by atoms with E-state index in [4.69, 9.17) is 4.74 Å². The van der Waals surface area contributed by atoms with Gasteiger partial charge in [0.2, 0.25) is 0 Å². The van der Waals surface area contributed by atoms with Crippen LogP contribution in [-0.4, -0.2) is 38.8 Å². The second-order valence-electron chi connectivity index (χ2n) is 8.54. The van der Waals surface area contributed by atoms with E-state index in [1.807, 2.05) is 10.9 Å². The van der Waals surface area contributed by atoms with Crippen molar-refractivity contribution in [2.45, 2.75) is 92.0 Å². The van der Waals surface area contributed by atoms with Crippen molar-refractivity contribution in [2.75, 3.05) is 6.61 Å². The van der Waals surface area contributed by atoms with Crippen LogP contribution in [0.4, 0.5) is 0 Å². The summed E-state index contributed by atoms with van der Waals surface area (Å²) in [5, 5.41) is 12.0. The third-order valence-corrected chi connectivity index (χ3v) is 3.64. The number of rotatable bonds is 10. The topological polar surface area (TPSA) is 52.0 Å². The van der Waals surface area contributed by atoms with Crippen LogP contribution in [0.5, 0.6) is 0 Å². The van der Waals surface area contributed by atoms with Gasteiger partial charge in [-0.25, -0.2) is 0 Å². The third kappa shape index (κ3) is 8.47. The fourth-order valence-corrected chi connectivity index (χ4v) is 2.81. The van der Waals surface area contributed by atoms with Crippen molar-refractivity contribution in [3.63, 3.8) is 0 Å². The molecule has 1 heterocycles. The molecule has 0 atom stereocenters. The van der Waals surface area contributed by atoms with Crippen molar-refractivity contribution in [2.24, 2.45) is 5.92 Å². The molecule has 1 aromatic heterocycles. The Morgan fingerprint density at radius 1 is 1.17 bits per heavy atom. The SMILES string of the molecule is CC(C)Cn1cc(CC(C)(C)OCCC(C)(C)NC(C)C)nn1. The van der Waals surface area contributed by atoms with E-state index >= 15 is 0 Å². The maximum Gasteiger partial charge on any atom is 0.0855 e. The van der Waals surface area contributed by atoms with Crippen molar-refractivity contribution >= 4 is 0 Å². The van der Waals surface area contributed by atoms with Crippen molar-refractivity contribution in [3.05, 3.63) is 11.9 Å². The molecule has 0 aliphatic heterocycles. The first-order valence-corrected chi connectivity index (χ1v) is 8.80. The van der Waals surface area contributed by atoms with Gasteiger partial charge >= 0.3 is 0 Å². The Kier molecular flexibility index (Phi) is 7.21. The lowest BCUT2D eigenvalue weighted by Gasteiger charge is -2.31. The van der Waals surface area contributed by atoms with E-state index in [1.54, 1.807) is 0 Å². The molecule has 5 heteroatoms. The number of aromatic nitrogens is 3. The summed E-state index contributed by atoms with van der Waals surface area (Å²) in [6.45, 7) is 19.0. The Bertz CT molecular complexity index is 463. The first-order chi connectivity index (χ1) is 10.5. The van der Waals surface area contributed by atoms with Gasteiger partial charge in [0.1, 0.15) is 0 Å². The highest BCUT2D eigenvalue weighted by molar-refractivity contribution is 4.98. The normalized spacial score (nSPS) is 13.3. The van der Waals surface area contributed by atoms with Crippen LogP contribution in [0.15, 0.2) is 6.20 Å². The minimum absolute atomic E-state index is 0.0879. The summed E-state index contributed by atoms with van der Waals surface area (Å²) >= 11 is 0. The van der Waals surface area contributed by atoms with Crippen LogP contribution in [0.3, 0.4) is 0 Å². The average Bonchev–Trinajstić information content (AvgIpc) is 2.71. The van der Waals surface area contributed by atoms with Crippen molar-refractivity contribution < 1.29 is 4.74 Å². The number of hydrogen-bond donors (Lipinski definition) is 1. The molecule has 0 saturated carbocycles. The molecule has 0 bridgehead atoms. The average molecular weight is 325 g/mol. The summed E-state index contributed by atoms with van der Waals surface area (Å²) < 4.78 is 8.05. The molecule has 0 spiro atoms. The van der Waals surface area contributed by atoms with Crippen LogP contribution in [0.25, 0.3) is 0 Å². The van der Waals surface area contributed by atoms with E-state index in [1.165, 1.54) is 0 Å². The number of ether oxygens (including phenoxy) is 1. The number of nitrogens with one attached hydrogen (secondary N) is 1. The van der Waals surface area contributed by atoms with E-state index in [-0.39, 0.29) is 11.1 Å². The Balaban J connectivity index is 2.45. The van der Waals surface area contributed by atoms with E-state index in [9.17, 15) is 0 Å². The van der Waals surface area contributed by atoms with Crippen molar-refractivity contribution in [1.29, 1.82) is 0 Å². The van der Waals surface area contributed by atoms with E-state index in [0.717, 1.165) is 31.7 Å². The summed E-state index contributed by atoms with van der Waals surface area (Å²) in [4.78, 5) is 0. The quantitative estimate of drug-likeness (QED) is 0.716. The highest BCUT2D eigenvalue weighted by Gasteiger charge is 2.24. The van der Waals surface area contributed by atoms with E-state index < -0.39 is 0 Å². The predicted octanol–water partition coefficient (Wildman–Crippen LogP) is 3.44. The summed E-state index contributed by atoms with van der Waals surface area (Å²) in [5.74, 6) is 0.574. The van der Waals surface area contributed by atoms with Gasteiger partial charge in [-0.05, 0) is 40.0 Å². The molecule has 1 aromatic rings. The van der Waals surface area contributed by atoms with Gasteiger partial charge in [0.15, 0.2) is 0 Å². The van der Waals surface area contributed by atoms with Gasteiger partial charge in [0.25, 0.3) is 0 Å². The van der Waals surface area contributed by atoms with E-state index in [0.29, 0.717) is 12.0 Å². The number of nitrogens with zero attached hydrogens (tertiary/aromatic N) is 3. The van der Waals surface area contributed by atoms with Gasteiger partial charge in [-0.2, -0.15) is 0 Å². The highest BCUT2D eigenvalue weighted by atomic mass is 16.5. The lowest BCUT2D eigenvalue weighted by Crippen LogP contribution is -2.44. The smallest absolute Gasteiger partial charge is 0.0855 e. The zero-order valence-electron chi connectivity index (χ0n) is 16.3. The van der Waals surface area contributed by atoms with E-state index in [2.05, 4.69) is 71.0 Å². The summed E-state index contributed by atoms with van der Waals surface area (Å²) in [6, 6.07) is 0.481. The molecule has 0 saturated heterocycles. The fraction of sp³-hybridized carbons (Fsp3) is 0.889. The van der Waals surface area contributed by atoms with Gasteiger partial charge in [0.05, 0.1) is 11.3 Å². The summed E-state index contributed by atoms with van der Waals surface area (Å²) in [7, 11) is 0. The molecule has 5 nitrogen and oxygen atoms in total. The van der Waals surface area contributed by atoms with Gasteiger partial charge in [-0.3, -0.25) is 4.68 Å². The maximum absolute atomic E-state index is 6.12. The second kappa shape index (κ2) is 8.25. The maximum atomic E-state index is 6.12. The highest BCUT2D eigenvalue weighted by Crippen LogP contribution is 2.18. The molecule has 0 radical (unpaired) electrons. The van der Waals surface area contributed by atoms with Crippen LogP contribution in [0, 0.1) is 5.92 Å². The Labute approximate surface area is 142 Å². The predicted molar refractivity (Wildman–Crippen MR) is 95.6 cm³/mol. The molecular weight excluding hydrogens is 288 g/mol. The second-order valence-corrected chi connectivity index (χ2v) is 8.54. The van der Waals surface area contributed by atoms with Gasteiger partial charge in [-0.15, -0.1) is 5.10 Å². The van der Waals surface area contributed by atoms with Crippen LogP contribution >= 0.6 is 0 Å². The molecule has 0 amide bonds. The molecule has 1 N–H and O–H groups in total. The van der Waals surface area contributed by atoms with Crippen molar-refractivity contribution in [3.8, 4) is 0 Å². The summed E-state index contributed by atoms with van der Waals surface area (Å²) in [5.41, 5.74) is 0.854. The Morgan fingerprint density at radius 2 is 1.83 bits per heavy atom. The lowest BCUT2D eigenvalue weighted by molar-refractivity contribution is -0.0257. The van der Waals surface area contributed by atoms with Crippen LogP contribution in [0.2, 0.25) is 0 Å². The molecule has 0 aromatic carbocycles. The van der Waals surface area contributed by atoms with Gasteiger partial charge < -0.3 is 10.1 Å². The molecule has 0 unspecified atom stereocenters. The van der Waals surface area contributed by atoms with Crippen LogP contribution < -0.4 is 5.32 Å². The molecule has 0 aliphatic rings. The third-order valence-electron chi connectivity index (χ3n) is 3.64. The molecule has 134 valence electrons. The van der Waals surface area contributed by atoms with Crippen molar-refractivity contribution in [1.82, 2.24) is 20.3 Å². The largest absolute Gasteiger partial charge is 0.375 e. The Morgan fingerprint density at radius 3 is 2.39 bits per heavy atom. The van der Waals surface area contributed by atoms with Crippen LogP contribution in [-0.2, 0) is 17.7 Å². The lowest BCUT2D eigenvalue weighted by atomic mass is 9.99. The van der Waals surface area contributed by atoms with Gasteiger partial charge in [-0.1, -0.05) is 32.9 Å². The molecule has 0 aliphatic carbocycles. The molecule has 23 heavy (non-hydrogen) atoms. The number of hydrogen-bond acceptors (Lipinski definition) is 4. The molecule has 0 fully saturated rings. The molecule has 1 rings (SSSR count). The summed E-state index contributed by atoms with van der Waals surface area (Å²) in [6.07, 6.45) is 3.80. The first kappa shape index (κ1) is 20.1. The van der Waals surface area contributed by atoms with Gasteiger partial charge in [0, 0.05) is 37.4 Å². The minimum Gasteiger partial charge on any atom is -0.375 e. The minimum atomic E-state index is -0.230. The zero-order valence-corrected chi connectivity index (χ0v) is 16.3. The van der Waals surface area contributed by atoms with Crippen LogP contribution in [0.1, 0.15) is 67.5 Å².